The van der Waals surface area contributed by atoms with E-state index < -0.39 is 0 Å². The van der Waals surface area contributed by atoms with Crippen molar-refractivity contribution >= 4 is 33.7 Å². The number of thiophene rings is 1. The maximum atomic E-state index is 12.3. The molecule has 4 aromatic rings. The Labute approximate surface area is 184 Å². The van der Waals surface area contributed by atoms with Gasteiger partial charge in [-0.15, -0.1) is 11.3 Å². The first-order valence-corrected chi connectivity index (χ1v) is 11.2. The van der Waals surface area contributed by atoms with Crippen molar-refractivity contribution in [3.63, 3.8) is 0 Å². The van der Waals surface area contributed by atoms with Crippen LogP contribution in [0.15, 0.2) is 70.8 Å². The molecule has 0 spiro atoms. The Hall–Kier alpha value is -3.29. The number of carbonyl (C=O) groups excluding carboxylic acids is 1. The molecule has 0 aliphatic rings. The quantitative estimate of drug-likeness (QED) is 0.339. The van der Waals surface area contributed by atoms with Crippen LogP contribution in [0.3, 0.4) is 0 Å². The summed E-state index contributed by atoms with van der Waals surface area (Å²) in [5, 5.41) is 16.6. The zero-order valence-corrected chi connectivity index (χ0v) is 17.9. The lowest BCUT2D eigenvalue weighted by atomic mass is 10.0. The number of carbonyl (C=O) groups is 1. The maximum Gasteiger partial charge on any atom is 0.272 e. The van der Waals surface area contributed by atoms with Crippen LogP contribution < -0.4 is 16.2 Å². The Morgan fingerprint density at radius 3 is 2.71 bits per heavy atom. The Morgan fingerprint density at radius 1 is 1.00 bits per heavy atom. The van der Waals surface area contributed by atoms with E-state index in [4.69, 9.17) is 0 Å². The molecule has 0 bridgehead atoms. The molecule has 2 aromatic carbocycles. The van der Waals surface area contributed by atoms with Crippen LogP contribution in [0.5, 0.6) is 0 Å². The molecule has 0 aliphatic heterocycles. The normalized spacial score (nSPS) is 11.0. The van der Waals surface area contributed by atoms with Crippen molar-refractivity contribution in [1.29, 1.82) is 0 Å². The highest BCUT2D eigenvalue weighted by molar-refractivity contribution is 7.09. The molecule has 7 heteroatoms. The molecule has 0 saturated heterocycles. The molecule has 0 saturated carbocycles. The highest BCUT2D eigenvalue weighted by atomic mass is 32.1. The summed E-state index contributed by atoms with van der Waals surface area (Å²) in [6.07, 6.45) is 2.26. The van der Waals surface area contributed by atoms with Crippen molar-refractivity contribution in [2.75, 3.05) is 11.9 Å². The van der Waals surface area contributed by atoms with Gasteiger partial charge in [0.15, 0.2) is 0 Å². The van der Waals surface area contributed by atoms with Gasteiger partial charge in [0, 0.05) is 34.5 Å². The number of unbranched alkanes of at least 4 members (excludes halogenated alkanes) is 1. The number of nitrogens with one attached hydrogen (secondary N) is 3. The molecule has 6 nitrogen and oxygen atoms in total. The third-order valence-electron chi connectivity index (χ3n) is 5.00. The number of aromatic nitrogens is 2. The molecule has 3 N–H and O–H groups in total. The third-order valence-corrected chi connectivity index (χ3v) is 5.88. The number of hydrogen-bond acceptors (Lipinski definition) is 5. The smallest absolute Gasteiger partial charge is 0.272 e. The standard InChI is InChI=1S/C24H24N4O2S/c29-22(12-3-4-13-25-16-19-9-6-14-31-19)26-18-8-5-7-17(15-18)23-20-10-1-2-11-21(20)24(30)28-27-23/h1-2,5-11,14-15,25H,3-4,12-13,16H2,(H,26,29)(H,28,30). The van der Waals surface area contributed by atoms with Crippen molar-refractivity contribution in [2.24, 2.45) is 0 Å². The van der Waals surface area contributed by atoms with E-state index in [1.165, 1.54) is 4.88 Å². The molecule has 2 heterocycles. The molecule has 0 fully saturated rings. The summed E-state index contributed by atoms with van der Waals surface area (Å²) in [5.41, 5.74) is 2.02. The van der Waals surface area contributed by atoms with Gasteiger partial charge in [0.1, 0.15) is 0 Å². The molecule has 0 aliphatic carbocycles. The monoisotopic (exact) mass is 432 g/mol. The zero-order chi connectivity index (χ0) is 21.5. The predicted octanol–water partition coefficient (Wildman–Crippen LogP) is 4.55. The Bertz CT molecular complexity index is 1220. The molecule has 158 valence electrons. The first-order chi connectivity index (χ1) is 15.2. The van der Waals surface area contributed by atoms with Crippen LogP contribution in [0.25, 0.3) is 22.0 Å². The summed E-state index contributed by atoms with van der Waals surface area (Å²) < 4.78 is 0. The van der Waals surface area contributed by atoms with E-state index in [0.29, 0.717) is 17.5 Å². The lowest BCUT2D eigenvalue weighted by Gasteiger charge is -2.09. The Kier molecular flexibility index (Phi) is 6.86. The molecule has 2 aromatic heterocycles. The number of fused-ring (bicyclic) bond motifs is 1. The van der Waals surface area contributed by atoms with Gasteiger partial charge < -0.3 is 10.6 Å². The number of hydrogen-bond donors (Lipinski definition) is 3. The fraction of sp³-hybridized carbons (Fsp3) is 0.208. The van der Waals surface area contributed by atoms with E-state index >= 15 is 0 Å². The lowest BCUT2D eigenvalue weighted by Crippen LogP contribution is -2.15. The molecule has 0 radical (unpaired) electrons. The second kappa shape index (κ2) is 10.1. The van der Waals surface area contributed by atoms with Crippen molar-refractivity contribution < 1.29 is 4.79 Å². The number of benzene rings is 2. The number of amides is 1. The largest absolute Gasteiger partial charge is 0.326 e. The highest BCUT2D eigenvalue weighted by Crippen LogP contribution is 2.26. The highest BCUT2D eigenvalue weighted by Gasteiger charge is 2.10. The summed E-state index contributed by atoms with van der Waals surface area (Å²) in [5.74, 6) is -0.00491. The minimum absolute atomic E-state index is 0.00491. The third kappa shape index (κ3) is 5.45. The van der Waals surface area contributed by atoms with Crippen molar-refractivity contribution in [2.45, 2.75) is 25.8 Å². The maximum absolute atomic E-state index is 12.3. The Morgan fingerprint density at radius 2 is 1.87 bits per heavy atom. The minimum atomic E-state index is -0.214. The topological polar surface area (TPSA) is 86.9 Å². The van der Waals surface area contributed by atoms with Gasteiger partial charge in [-0.2, -0.15) is 5.10 Å². The summed E-state index contributed by atoms with van der Waals surface area (Å²) in [6, 6.07) is 19.1. The van der Waals surface area contributed by atoms with Gasteiger partial charge in [0.25, 0.3) is 5.56 Å². The summed E-state index contributed by atoms with van der Waals surface area (Å²) in [6.45, 7) is 1.77. The summed E-state index contributed by atoms with van der Waals surface area (Å²) in [7, 11) is 0. The fourth-order valence-electron chi connectivity index (χ4n) is 3.46. The molecule has 0 unspecified atom stereocenters. The SMILES string of the molecule is O=C(CCCCNCc1cccs1)Nc1cccc(-c2n[nH]c(=O)c3ccccc23)c1. The number of aromatic amines is 1. The van der Waals surface area contributed by atoms with Crippen LogP contribution in [-0.2, 0) is 11.3 Å². The van der Waals surface area contributed by atoms with Gasteiger partial charge in [0.2, 0.25) is 5.91 Å². The van der Waals surface area contributed by atoms with Crippen molar-refractivity contribution in [3.8, 4) is 11.3 Å². The van der Waals surface area contributed by atoms with Crippen LogP contribution in [0.2, 0.25) is 0 Å². The fourth-order valence-corrected chi connectivity index (χ4v) is 4.14. The van der Waals surface area contributed by atoms with Gasteiger partial charge in [-0.05, 0) is 49.0 Å². The average Bonchev–Trinajstić information content (AvgIpc) is 3.30. The molecule has 4 rings (SSSR count). The molecule has 1 amide bonds. The van der Waals surface area contributed by atoms with E-state index in [1.54, 1.807) is 17.4 Å². The van der Waals surface area contributed by atoms with E-state index in [0.717, 1.165) is 42.6 Å². The van der Waals surface area contributed by atoms with Crippen LogP contribution in [0.4, 0.5) is 5.69 Å². The second-order valence-corrected chi connectivity index (χ2v) is 8.32. The first-order valence-electron chi connectivity index (χ1n) is 10.3. The van der Waals surface area contributed by atoms with Crippen LogP contribution in [0.1, 0.15) is 24.1 Å². The summed E-state index contributed by atoms with van der Waals surface area (Å²) >= 11 is 1.74. The summed E-state index contributed by atoms with van der Waals surface area (Å²) in [4.78, 5) is 25.7. The van der Waals surface area contributed by atoms with E-state index in [9.17, 15) is 9.59 Å². The van der Waals surface area contributed by atoms with E-state index in [1.807, 2.05) is 42.5 Å². The van der Waals surface area contributed by atoms with Crippen molar-refractivity contribution in [1.82, 2.24) is 15.5 Å². The average molecular weight is 433 g/mol. The van der Waals surface area contributed by atoms with Gasteiger partial charge in [-0.1, -0.05) is 36.4 Å². The van der Waals surface area contributed by atoms with Crippen LogP contribution in [0, 0.1) is 0 Å². The number of anilines is 1. The molecule has 0 atom stereocenters. The Balaban J connectivity index is 1.32. The van der Waals surface area contributed by atoms with Gasteiger partial charge in [-0.3, -0.25) is 9.59 Å². The molecular formula is C24H24N4O2S. The van der Waals surface area contributed by atoms with E-state index in [-0.39, 0.29) is 11.5 Å². The van der Waals surface area contributed by atoms with Crippen LogP contribution in [-0.4, -0.2) is 22.6 Å². The van der Waals surface area contributed by atoms with E-state index in [2.05, 4.69) is 38.3 Å². The van der Waals surface area contributed by atoms with Gasteiger partial charge >= 0.3 is 0 Å². The molecule has 31 heavy (non-hydrogen) atoms. The van der Waals surface area contributed by atoms with Gasteiger partial charge in [0.05, 0.1) is 11.1 Å². The number of nitrogens with zero attached hydrogens (tertiary/aromatic N) is 1. The van der Waals surface area contributed by atoms with Gasteiger partial charge in [-0.25, -0.2) is 5.10 Å². The van der Waals surface area contributed by atoms with Crippen LogP contribution >= 0.6 is 11.3 Å². The predicted molar refractivity (Wildman–Crippen MR) is 126 cm³/mol. The number of H-pyrrole nitrogens is 1. The number of rotatable bonds is 9. The molecular weight excluding hydrogens is 408 g/mol. The van der Waals surface area contributed by atoms with Crippen molar-refractivity contribution in [3.05, 3.63) is 81.3 Å². The lowest BCUT2D eigenvalue weighted by molar-refractivity contribution is -0.116. The minimum Gasteiger partial charge on any atom is -0.326 e. The first kappa shape index (κ1) is 21.0. The second-order valence-electron chi connectivity index (χ2n) is 7.29. The zero-order valence-electron chi connectivity index (χ0n) is 17.1.